The summed E-state index contributed by atoms with van der Waals surface area (Å²) in [4.78, 5) is 30.0. The lowest BCUT2D eigenvalue weighted by atomic mass is 9.72. The van der Waals surface area contributed by atoms with E-state index in [-0.39, 0.29) is 17.4 Å². The van der Waals surface area contributed by atoms with Crippen LogP contribution in [0.5, 0.6) is 0 Å². The highest BCUT2D eigenvalue weighted by Gasteiger charge is 2.31. The smallest absolute Gasteiger partial charge is 0.303 e. The molecular formula is C18H24N2O3S. The number of aromatic nitrogens is 2. The second-order valence-corrected chi connectivity index (χ2v) is 8.81. The van der Waals surface area contributed by atoms with Crippen LogP contribution in [0.3, 0.4) is 0 Å². The van der Waals surface area contributed by atoms with Crippen molar-refractivity contribution in [2.75, 3.05) is 0 Å². The monoisotopic (exact) mass is 348 g/mol. The Bertz CT molecular complexity index is 829. The maximum Gasteiger partial charge on any atom is 0.303 e. The number of hydrogen-bond donors (Lipinski definition) is 1. The zero-order chi connectivity index (χ0) is 17.5. The first-order chi connectivity index (χ1) is 11.3. The molecular weight excluding hydrogens is 324 g/mol. The summed E-state index contributed by atoms with van der Waals surface area (Å²) in [6.07, 6.45) is 5.15. The second kappa shape index (κ2) is 6.31. The van der Waals surface area contributed by atoms with Crippen molar-refractivity contribution in [2.45, 2.75) is 59.4 Å². The molecule has 1 aliphatic rings. The van der Waals surface area contributed by atoms with Gasteiger partial charge >= 0.3 is 5.97 Å². The van der Waals surface area contributed by atoms with E-state index in [4.69, 9.17) is 5.11 Å². The maximum atomic E-state index is 12.8. The molecule has 0 aliphatic heterocycles. The fraction of sp³-hybridized carbons (Fsp3) is 0.611. The number of hydrogen-bond acceptors (Lipinski definition) is 4. The molecule has 2 heterocycles. The molecule has 0 amide bonds. The summed E-state index contributed by atoms with van der Waals surface area (Å²) >= 11 is 1.65. The molecule has 130 valence electrons. The lowest BCUT2D eigenvalue weighted by Crippen LogP contribution is -2.27. The quantitative estimate of drug-likeness (QED) is 0.918. The average Bonchev–Trinajstić information content (AvgIpc) is 2.86. The van der Waals surface area contributed by atoms with Crippen LogP contribution in [0.1, 0.15) is 50.5 Å². The van der Waals surface area contributed by atoms with Crippen LogP contribution in [0.4, 0.5) is 0 Å². The van der Waals surface area contributed by atoms with Crippen LogP contribution in [-0.4, -0.2) is 20.6 Å². The van der Waals surface area contributed by atoms with E-state index in [1.807, 2.05) is 0 Å². The molecule has 5 nitrogen and oxygen atoms in total. The van der Waals surface area contributed by atoms with Crippen LogP contribution in [0, 0.1) is 11.3 Å². The molecule has 2 aromatic rings. The van der Waals surface area contributed by atoms with Crippen LogP contribution in [-0.2, 0) is 24.2 Å². The number of aliphatic carboxylic acids is 1. The minimum atomic E-state index is -0.835. The van der Waals surface area contributed by atoms with Gasteiger partial charge in [0.2, 0.25) is 0 Å². The third-order valence-corrected chi connectivity index (χ3v) is 6.21. The first-order valence-electron chi connectivity index (χ1n) is 8.49. The van der Waals surface area contributed by atoms with E-state index in [2.05, 4.69) is 25.8 Å². The van der Waals surface area contributed by atoms with Crippen molar-refractivity contribution in [3.8, 4) is 0 Å². The Hall–Kier alpha value is -1.69. The molecule has 0 saturated heterocycles. The summed E-state index contributed by atoms with van der Waals surface area (Å²) in [5.74, 6) is -0.200. The number of carbonyl (C=O) groups is 1. The molecule has 1 atom stereocenters. The molecule has 0 spiro atoms. The van der Waals surface area contributed by atoms with Crippen molar-refractivity contribution < 1.29 is 9.90 Å². The molecule has 1 unspecified atom stereocenters. The topological polar surface area (TPSA) is 72.2 Å². The second-order valence-electron chi connectivity index (χ2n) is 7.73. The zero-order valence-corrected chi connectivity index (χ0v) is 15.3. The SMILES string of the molecule is CC(C)(C)C1CCc2c(sc3ncn(CCCC(=O)O)c(=O)c23)C1. The van der Waals surface area contributed by atoms with E-state index in [1.165, 1.54) is 10.4 Å². The Morgan fingerprint density at radius 1 is 1.46 bits per heavy atom. The van der Waals surface area contributed by atoms with E-state index in [0.29, 0.717) is 18.9 Å². The van der Waals surface area contributed by atoms with Gasteiger partial charge in [-0.05, 0) is 42.6 Å². The van der Waals surface area contributed by atoms with Gasteiger partial charge in [0.05, 0.1) is 11.7 Å². The van der Waals surface area contributed by atoms with Crippen molar-refractivity contribution >= 4 is 27.5 Å². The summed E-state index contributed by atoms with van der Waals surface area (Å²) in [5.41, 5.74) is 1.44. The van der Waals surface area contributed by atoms with E-state index < -0.39 is 5.97 Å². The molecule has 2 aromatic heterocycles. The highest BCUT2D eigenvalue weighted by molar-refractivity contribution is 7.18. The Kier molecular flexibility index (Phi) is 4.51. The standard InChI is InChI=1S/C18H24N2O3S/c1-18(2,3)11-6-7-12-13(9-11)24-16-15(12)17(23)20(10-19-16)8-4-5-14(21)22/h10-11H,4-9H2,1-3H3,(H,21,22). The minimum absolute atomic E-state index is 0.0166. The van der Waals surface area contributed by atoms with Gasteiger partial charge < -0.3 is 5.11 Å². The molecule has 0 aromatic carbocycles. The number of nitrogens with zero attached hydrogens (tertiary/aromatic N) is 2. The summed E-state index contributed by atoms with van der Waals surface area (Å²) in [7, 11) is 0. The van der Waals surface area contributed by atoms with Crippen LogP contribution in [0.25, 0.3) is 10.2 Å². The van der Waals surface area contributed by atoms with Crippen molar-refractivity contribution in [2.24, 2.45) is 11.3 Å². The van der Waals surface area contributed by atoms with Crippen molar-refractivity contribution in [3.63, 3.8) is 0 Å². The van der Waals surface area contributed by atoms with Gasteiger partial charge in [-0.25, -0.2) is 4.98 Å². The van der Waals surface area contributed by atoms with Crippen molar-refractivity contribution in [1.82, 2.24) is 9.55 Å². The zero-order valence-electron chi connectivity index (χ0n) is 14.5. The van der Waals surface area contributed by atoms with Gasteiger partial charge in [0.25, 0.3) is 5.56 Å². The van der Waals surface area contributed by atoms with Gasteiger partial charge in [-0.2, -0.15) is 0 Å². The summed E-state index contributed by atoms with van der Waals surface area (Å²) in [6, 6.07) is 0. The number of fused-ring (bicyclic) bond motifs is 3. The largest absolute Gasteiger partial charge is 0.481 e. The lowest BCUT2D eigenvalue weighted by molar-refractivity contribution is -0.137. The van der Waals surface area contributed by atoms with Gasteiger partial charge in [0.15, 0.2) is 0 Å². The van der Waals surface area contributed by atoms with Crippen molar-refractivity contribution in [3.05, 3.63) is 27.1 Å². The predicted octanol–water partition coefficient (Wildman–Crippen LogP) is 3.47. The Balaban J connectivity index is 1.93. The average molecular weight is 348 g/mol. The van der Waals surface area contributed by atoms with E-state index in [1.54, 1.807) is 22.2 Å². The molecule has 0 fully saturated rings. The molecule has 0 bridgehead atoms. The van der Waals surface area contributed by atoms with Crippen LogP contribution < -0.4 is 5.56 Å². The maximum absolute atomic E-state index is 12.8. The first kappa shape index (κ1) is 17.1. The summed E-state index contributed by atoms with van der Waals surface area (Å²) in [6.45, 7) is 7.25. The van der Waals surface area contributed by atoms with E-state index in [0.717, 1.165) is 29.5 Å². The molecule has 1 N–H and O–H groups in total. The third-order valence-electron chi connectivity index (χ3n) is 5.05. The fourth-order valence-corrected chi connectivity index (χ4v) is 4.76. The van der Waals surface area contributed by atoms with Gasteiger partial charge in [0, 0.05) is 17.8 Å². The highest BCUT2D eigenvalue weighted by atomic mass is 32.1. The minimum Gasteiger partial charge on any atom is -0.481 e. The number of thiophene rings is 1. The summed E-state index contributed by atoms with van der Waals surface area (Å²) in [5, 5.41) is 9.51. The molecule has 1 aliphatic carbocycles. The number of rotatable bonds is 4. The first-order valence-corrected chi connectivity index (χ1v) is 9.30. The van der Waals surface area contributed by atoms with E-state index >= 15 is 0 Å². The molecule has 0 radical (unpaired) electrons. The Morgan fingerprint density at radius 3 is 2.88 bits per heavy atom. The number of carboxylic acids is 1. The van der Waals surface area contributed by atoms with Gasteiger partial charge in [0.1, 0.15) is 4.83 Å². The summed E-state index contributed by atoms with van der Waals surface area (Å²) < 4.78 is 1.56. The van der Waals surface area contributed by atoms with E-state index in [9.17, 15) is 9.59 Å². The third kappa shape index (κ3) is 3.24. The molecule has 24 heavy (non-hydrogen) atoms. The molecule has 6 heteroatoms. The van der Waals surface area contributed by atoms with Crippen LogP contribution in [0.15, 0.2) is 11.1 Å². The van der Waals surface area contributed by atoms with Gasteiger partial charge in [-0.3, -0.25) is 14.2 Å². The Morgan fingerprint density at radius 2 is 2.21 bits per heavy atom. The molecule has 0 saturated carbocycles. The number of carboxylic acid groups (broad SMARTS) is 1. The van der Waals surface area contributed by atoms with Crippen LogP contribution in [0.2, 0.25) is 0 Å². The fourth-order valence-electron chi connectivity index (χ4n) is 3.50. The number of aryl methyl sites for hydroxylation is 2. The van der Waals surface area contributed by atoms with Gasteiger partial charge in [-0.15, -0.1) is 11.3 Å². The normalized spacial score (nSPS) is 17.9. The molecule has 3 rings (SSSR count). The van der Waals surface area contributed by atoms with Crippen molar-refractivity contribution in [1.29, 1.82) is 0 Å². The highest BCUT2D eigenvalue weighted by Crippen LogP contribution is 2.41. The van der Waals surface area contributed by atoms with Gasteiger partial charge in [-0.1, -0.05) is 20.8 Å². The van der Waals surface area contributed by atoms with Crippen LogP contribution >= 0.6 is 11.3 Å². The lowest BCUT2D eigenvalue weighted by Gasteiger charge is -2.33. The Labute approximate surface area is 145 Å². The predicted molar refractivity (Wildman–Crippen MR) is 95.7 cm³/mol.